The van der Waals surface area contributed by atoms with Crippen LogP contribution in [0.5, 0.6) is 11.5 Å². The van der Waals surface area contributed by atoms with Crippen LogP contribution < -0.4 is 15.2 Å². The lowest BCUT2D eigenvalue weighted by atomic mass is 10.1. The number of fused-ring (bicyclic) bond motifs is 1. The van der Waals surface area contributed by atoms with Crippen molar-refractivity contribution in [3.05, 3.63) is 30.4 Å². The monoisotopic (exact) mass is 191 g/mol. The summed E-state index contributed by atoms with van der Waals surface area (Å²) in [6, 6.07) is 3.73. The molecule has 1 aliphatic rings. The van der Waals surface area contributed by atoms with E-state index in [2.05, 4.69) is 6.58 Å². The van der Waals surface area contributed by atoms with Gasteiger partial charge in [-0.05, 0) is 18.1 Å². The van der Waals surface area contributed by atoms with Gasteiger partial charge in [0.05, 0.1) is 0 Å². The van der Waals surface area contributed by atoms with Crippen molar-refractivity contribution < 1.29 is 9.47 Å². The first kappa shape index (κ1) is 8.94. The first-order chi connectivity index (χ1) is 6.81. The number of benzene rings is 1. The van der Waals surface area contributed by atoms with Gasteiger partial charge in [0.15, 0.2) is 11.5 Å². The van der Waals surface area contributed by atoms with Crippen molar-refractivity contribution in [1.82, 2.24) is 0 Å². The summed E-state index contributed by atoms with van der Waals surface area (Å²) in [5.74, 6) is 1.52. The fourth-order valence-electron chi connectivity index (χ4n) is 1.48. The minimum atomic E-state index is 0.591. The third-order valence-corrected chi connectivity index (χ3v) is 2.17. The molecule has 0 fully saturated rings. The molecule has 2 N–H and O–H groups in total. The standard InChI is InChI=1S/C11H13NO2/c1-2-3-8-6-10-11(7-9(8)12)14-5-4-13-10/h2,6-7H,1,3-5,12H2. The maximum absolute atomic E-state index is 5.85. The summed E-state index contributed by atoms with van der Waals surface area (Å²) >= 11 is 0. The highest BCUT2D eigenvalue weighted by atomic mass is 16.6. The van der Waals surface area contributed by atoms with E-state index < -0.39 is 0 Å². The number of anilines is 1. The first-order valence-electron chi connectivity index (χ1n) is 4.60. The summed E-state index contributed by atoms with van der Waals surface area (Å²) in [6.45, 7) is 4.87. The number of hydrogen-bond acceptors (Lipinski definition) is 3. The Labute approximate surface area is 83.1 Å². The van der Waals surface area contributed by atoms with Crippen molar-refractivity contribution in [3.8, 4) is 11.5 Å². The molecule has 0 atom stereocenters. The van der Waals surface area contributed by atoms with Gasteiger partial charge in [-0.25, -0.2) is 0 Å². The van der Waals surface area contributed by atoms with Crippen LogP contribution in [-0.4, -0.2) is 13.2 Å². The maximum atomic E-state index is 5.85. The van der Waals surface area contributed by atoms with Gasteiger partial charge in [0.1, 0.15) is 13.2 Å². The molecule has 74 valence electrons. The van der Waals surface area contributed by atoms with Crippen LogP contribution >= 0.6 is 0 Å². The molecule has 0 saturated heterocycles. The number of rotatable bonds is 2. The van der Waals surface area contributed by atoms with E-state index in [9.17, 15) is 0 Å². The fraction of sp³-hybridized carbons (Fsp3) is 0.273. The van der Waals surface area contributed by atoms with Gasteiger partial charge in [-0.2, -0.15) is 0 Å². The molecule has 0 saturated carbocycles. The van der Waals surface area contributed by atoms with E-state index in [1.165, 1.54) is 0 Å². The van der Waals surface area contributed by atoms with Crippen LogP contribution in [-0.2, 0) is 6.42 Å². The molecule has 3 nitrogen and oxygen atoms in total. The summed E-state index contributed by atoms with van der Waals surface area (Å²) in [6.07, 6.45) is 2.57. The second-order valence-corrected chi connectivity index (χ2v) is 3.19. The van der Waals surface area contributed by atoms with Crippen molar-refractivity contribution in [2.45, 2.75) is 6.42 Å². The van der Waals surface area contributed by atoms with Crippen molar-refractivity contribution in [3.63, 3.8) is 0 Å². The Morgan fingerprint density at radius 2 is 1.93 bits per heavy atom. The van der Waals surface area contributed by atoms with Crippen LogP contribution in [0.15, 0.2) is 24.8 Å². The quantitative estimate of drug-likeness (QED) is 0.572. The van der Waals surface area contributed by atoms with E-state index in [-0.39, 0.29) is 0 Å². The Morgan fingerprint density at radius 3 is 2.57 bits per heavy atom. The number of nitrogens with two attached hydrogens (primary N) is 1. The van der Waals surface area contributed by atoms with Gasteiger partial charge in [-0.1, -0.05) is 6.08 Å². The third kappa shape index (κ3) is 1.53. The summed E-state index contributed by atoms with van der Waals surface area (Å²) in [4.78, 5) is 0. The molecule has 1 aromatic carbocycles. The van der Waals surface area contributed by atoms with Crippen LogP contribution in [0, 0.1) is 0 Å². The molecule has 0 bridgehead atoms. The highest BCUT2D eigenvalue weighted by Crippen LogP contribution is 2.34. The van der Waals surface area contributed by atoms with Gasteiger partial charge in [-0.3, -0.25) is 0 Å². The molecular weight excluding hydrogens is 178 g/mol. The Balaban J connectivity index is 2.40. The van der Waals surface area contributed by atoms with E-state index in [4.69, 9.17) is 15.2 Å². The first-order valence-corrected chi connectivity index (χ1v) is 4.60. The van der Waals surface area contributed by atoms with Crippen molar-refractivity contribution in [2.24, 2.45) is 0 Å². The summed E-state index contributed by atoms with van der Waals surface area (Å²) in [5.41, 5.74) is 7.61. The Morgan fingerprint density at radius 1 is 1.29 bits per heavy atom. The van der Waals surface area contributed by atoms with Crippen molar-refractivity contribution >= 4 is 5.69 Å². The van der Waals surface area contributed by atoms with Crippen LogP contribution in [0.4, 0.5) is 5.69 Å². The van der Waals surface area contributed by atoms with E-state index >= 15 is 0 Å². The Hall–Kier alpha value is -1.64. The van der Waals surface area contributed by atoms with Crippen molar-refractivity contribution in [2.75, 3.05) is 18.9 Å². The molecule has 0 amide bonds. The molecule has 1 heterocycles. The number of nitrogen functional groups attached to an aromatic ring is 1. The molecule has 3 heteroatoms. The normalized spacial score (nSPS) is 13.7. The topological polar surface area (TPSA) is 44.5 Å². The molecule has 0 aliphatic carbocycles. The summed E-state index contributed by atoms with van der Waals surface area (Å²) in [7, 11) is 0. The lowest BCUT2D eigenvalue weighted by Gasteiger charge is -2.19. The zero-order chi connectivity index (χ0) is 9.97. The Kier molecular flexibility index (Phi) is 2.31. The second kappa shape index (κ2) is 3.62. The SMILES string of the molecule is C=CCc1cc2c(cc1N)OCCO2. The number of ether oxygens (including phenoxy) is 2. The number of hydrogen-bond donors (Lipinski definition) is 1. The number of allylic oxidation sites excluding steroid dienone is 1. The van der Waals surface area contributed by atoms with Crippen molar-refractivity contribution in [1.29, 1.82) is 0 Å². The van der Waals surface area contributed by atoms with Gasteiger partial charge in [0, 0.05) is 11.8 Å². The van der Waals surface area contributed by atoms with E-state index in [1.807, 2.05) is 18.2 Å². The lowest BCUT2D eigenvalue weighted by molar-refractivity contribution is 0.171. The second-order valence-electron chi connectivity index (χ2n) is 3.19. The third-order valence-electron chi connectivity index (χ3n) is 2.17. The van der Waals surface area contributed by atoms with Gasteiger partial charge >= 0.3 is 0 Å². The predicted octanol–water partition coefficient (Wildman–Crippen LogP) is 1.77. The minimum Gasteiger partial charge on any atom is -0.486 e. The minimum absolute atomic E-state index is 0.591. The molecule has 0 unspecified atom stereocenters. The predicted molar refractivity (Wildman–Crippen MR) is 55.7 cm³/mol. The van der Waals surface area contributed by atoms with Gasteiger partial charge in [-0.15, -0.1) is 6.58 Å². The van der Waals surface area contributed by atoms with E-state index in [1.54, 1.807) is 0 Å². The van der Waals surface area contributed by atoms with Crippen LogP contribution in [0.3, 0.4) is 0 Å². The van der Waals surface area contributed by atoms with Crippen LogP contribution in [0.1, 0.15) is 5.56 Å². The van der Waals surface area contributed by atoms with Gasteiger partial charge in [0.2, 0.25) is 0 Å². The van der Waals surface area contributed by atoms with Gasteiger partial charge < -0.3 is 15.2 Å². The van der Waals surface area contributed by atoms with Crippen LogP contribution in [0.25, 0.3) is 0 Å². The molecule has 1 aliphatic heterocycles. The highest BCUT2D eigenvalue weighted by molar-refractivity contribution is 5.58. The van der Waals surface area contributed by atoms with E-state index in [0.717, 1.165) is 29.2 Å². The zero-order valence-electron chi connectivity index (χ0n) is 7.95. The molecule has 1 aromatic rings. The summed E-state index contributed by atoms with van der Waals surface area (Å²) < 4.78 is 10.9. The largest absolute Gasteiger partial charge is 0.486 e. The molecule has 2 rings (SSSR count). The molecular formula is C11H13NO2. The molecule has 0 radical (unpaired) electrons. The molecule has 14 heavy (non-hydrogen) atoms. The zero-order valence-corrected chi connectivity index (χ0v) is 7.95. The highest BCUT2D eigenvalue weighted by Gasteiger charge is 2.13. The summed E-state index contributed by atoms with van der Waals surface area (Å²) in [5, 5.41) is 0. The maximum Gasteiger partial charge on any atom is 0.163 e. The molecule has 0 aromatic heterocycles. The van der Waals surface area contributed by atoms with Crippen LogP contribution in [0.2, 0.25) is 0 Å². The smallest absolute Gasteiger partial charge is 0.163 e. The lowest BCUT2D eigenvalue weighted by Crippen LogP contribution is -2.15. The average Bonchev–Trinajstić information content (AvgIpc) is 2.19. The van der Waals surface area contributed by atoms with E-state index in [0.29, 0.717) is 13.2 Å². The molecule has 0 spiro atoms. The van der Waals surface area contributed by atoms with Gasteiger partial charge in [0.25, 0.3) is 0 Å². The Bertz CT molecular complexity index is 361. The fourth-order valence-corrected chi connectivity index (χ4v) is 1.48. The average molecular weight is 191 g/mol.